The van der Waals surface area contributed by atoms with Gasteiger partial charge in [0.1, 0.15) is 5.75 Å². The second-order valence-corrected chi connectivity index (χ2v) is 8.09. The first kappa shape index (κ1) is 17.7. The lowest BCUT2D eigenvalue weighted by Crippen LogP contribution is -2.54. The van der Waals surface area contributed by atoms with Gasteiger partial charge in [-0.2, -0.15) is 8.78 Å². The van der Waals surface area contributed by atoms with Gasteiger partial charge in [-0.05, 0) is 56.3 Å². The second-order valence-electron chi connectivity index (χ2n) is 8.09. The van der Waals surface area contributed by atoms with E-state index in [0.717, 1.165) is 44.6 Å². The Morgan fingerprint density at radius 1 is 1.15 bits per heavy atom. The fourth-order valence-electron chi connectivity index (χ4n) is 4.58. The third kappa shape index (κ3) is 4.00. The van der Waals surface area contributed by atoms with Gasteiger partial charge in [0, 0.05) is 37.5 Å². The maximum Gasteiger partial charge on any atom is 0.387 e. The van der Waals surface area contributed by atoms with Gasteiger partial charge in [-0.1, -0.05) is 12.1 Å². The first-order valence-electron chi connectivity index (χ1n) is 9.59. The number of rotatable bonds is 5. The first-order valence-corrected chi connectivity index (χ1v) is 9.59. The molecule has 1 atom stereocenters. The Morgan fingerprint density at radius 3 is 2.62 bits per heavy atom. The predicted molar refractivity (Wildman–Crippen MR) is 94.0 cm³/mol. The molecule has 2 heterocycles. The molecule has 4 rings (SSSR count). The molecule has 3 fully saturated rings. The van der Waals surface area contributed by atoms with Crippen molar-refractivity contribution in [2.24, 2.45) is 5.41 Å². The van der Waals surface area contributed by atoms with Crippen LogP contribution >= 0.6 is 0 Å². The van der Waals surface area contributed by atoms with Crippen LogP contribution in [0, 0.1) is 5.41 Å². The van der Waals surface area contributed by atoms with Gasteiger partial charge in [0.25, 0.3) is 0 Å². The van der Waals surface area contributed by atoms with Crippen LogP contribution in [0.1, 0.15) is 44.1 Å². The van der Waals surface area contributed by atoms with Crippen LogP contribution in [-0.4, -0.2) is 48.0 Å². The molecule has 0 aromatic heterocycles. The summed E-state index contributed by atoms with van der Waals surface area (Å²) in [5, 5.41) is 0. The SMILES string of the molecule is O=C1CC[C@]2(CCCN(Cc3ccc(OC(F)F)cc3)C2)CN1C1CC1. The lowest BCUT2D eigenvalue weighted by atomic mass is 9.73. The quantitative estimate of drug-likeness (QED) is 0.799. The first-order chi connectivity index (χ1) is 12.5. The Hall–Kier alpha value is -1.69. The minimum atomic E-state index is -2.79. The summed E-state index contributed by atoms with van der Waals surface area (Å²) in [6.45, 7) is 1.00. The molecule has 1 aromatic rings. The summed E-state index contributed by atoms with van der Waals surface area (Å²) >= 11 is 0. The summed E-state index contributed by atoms with van der Waals surface area (Å²) < 4.78 is 28.9. The number of carbonyl (C=O) groups is 1. The highest BCUT2D eigenvalue weighted by molar-refractivity contribution is 5.78. The summed E-state index contributed by atoms with van der Waals surface area (Å²) in [7, 11) is 0. The Labute approximate surface area is 153 Å². The van der Waals surface area contributed by atoms with Crippen LogP contribution in [0.25, 0.3) is 0 Å². The van der Waals surface area contributed by atoms with Crippen molar-refractivity contribution in [1.29, 1.82) is 0 Å². The van der Waals surface area contributed by atoms with Gasteiger partial charge < -0.3 is 9.64 Å². The minimum absolute atomic E-state index is 0.199. The molecule has 142 valence electrons. The van der Waals surface area contributed by atoms with E-state index in [-0.39, 0.29) is 11.2 Å². The Bertz CT molecular complexity index is 648. The van der Waals surface area contributed by atoms with Crippen molar-refractivity contribution < 1.29 is 18.3 Å². The van der Waals surface area contributed by atoms with Gasteiger partial charge in [-0.3, -0.25) is 9.69 Å². The van der Waals surface area contributed by atoms with Crippen LogP contribution in [0.5, 0.6) is 5.75 Å². The smallest absolute Gasteiger partial charge is 0.387 e. The lowest BCUT2D eigenvalue weighted by molar-refractivity contribution is -0.140. The topological polar surface area (TPSA) is 32.8 Å². The molecule has 26 heavy (non-hydrogen) atoms. The Morgan fingerprint density at radius 2 is 1.92 bits per heavy atom. The second kappa shape index (κ2) is 7.14. The molecule has 0 N–H and O–H groups in total. The number of hydrogen-bond donors (Lipinski definition) is 0. The van der Waals surface area contributed by atoms with Gasteiger partial charge in [0.05, 0.1) is 0 Å². The van der Waals surface area contributed by atoms with E-state index in [1.54, 1.807) is 12.1 Å². The highest BCUT2D eigenvalue weighted by atomic mass is 19.3. The molecule has 0 unspecified atom stereocenters. The van der Waals surface area contributed by atoms with Crippen molar-refractivity contribution in [3.8, 4) is 5.75 Å². The molecule has 1 saturated carbocycles. The van der Waals surface area contributed by atoms with E-state index in [0.29, 0.717) is 18.4 Å². The Balaban J connectivity index is 1.38. The monoisotopic (exact) mass is 364 g/mol. The van der Waals surface area contributed by atoms with E-state index >= 15 is 0 Å². The number of nitrogens with zero attached hydrogens (tertiary/aromatic N) is 2. The molecule has 1 spiro atoms. The van der Waals surface area contributed by atoms with Crippen LogP contribution in [0.4, 0.5) is 8.78 Å². The maximum absolute atomic E-state index is 12.3. The third-order valence-corrected chi connectivity index (χ3v) is 5.98. The number of halogens is 2. The highest BCUT2D eigenvalue weighted by Crippen LogP contribution is 2.42. The third-order valence-electron chi connectivity index (χ3n) is 5.98. The summed E-state index contributed by atoms with van der Waals surface area (Å²) in [5.41, 5.74) is 1.34. The van der Waals surface area contributed by atoms with Crippen molar-refractivity contribution in [3.05, 3.63) is 29.8 Å². The standard InChI is InChI=1S/C20H26F2N2O2/c21-19(22)26-17-6-2-15(3-7-17)12-23-11-1-9-20(13-23)10-8-18(25)24(14-20)16-4-5-16/h2-3,6-7,16,19H,1,4-5,8-14H2/t20-/m0/s1. The zero-order chi connectivity index (χ0) is 18.1. The molecule has 1 amide bonds. The molecule has 1 aromatic carbocycles. The summed E-state index contributed by atoms with van der Waals surface area (Å²) in [4.78, 5) is 16.8. The van der Waals surface area contributed by atoms with E-state index in [1.807, 2.05) is 12.1 Å². The molecule has 3 aliphatic rings. The number of amides is 1. The van der Waals surface area contributed by atoms with Crippen molar-refractivity contribution >= 4 is 5.91 Å². The zero-order valence-electron chi connectivity index (χ0n) is 15.0. The molecule has 2 aliphatic heterocycles. The molecule has 6 heteroatoms. The molecule has 0 bridgehead atoms. The Kier molecular flexibility index (Phi) is 4.86. The van der Waals surface area contributed by atoms with E-state index < -0.39 is 6.61 Å². The largest absolute Gasteiger partial charge is 0.435 e. The van der Waals surface area contributed by atoms with E-state index in [2.05, 4.69) is 14.5 Å². The predicted octanol–water partition coefficient (Wildman–Crippen LogP) is 3.66. The van der Waals surface area contributed by atoms with Crippen molar-refractivity contribution in [2.45, 2.75) is 57.7 Å². The molecule has 1 aliphatic carbocycles. The molecular weight excluding hydrogens is 338 g/mol. The normalized spacial score (nSPS) is 27.3. The number of hydrogen-bond acceptors (Lipinski definition) is 3. The maximum atomic E-state index is 12.3. The summed E-state index contributed by atoms with van der Waals surface area (Å²) in [6, 6.07) is 7.43. The van der Waals surface area contributed by atoms with Crippen LogP contribution in [0.3, 0.4) is 0 Å². The van der Waals surface area contributed by atoms with Crippen molar-refractivity contribution in [2.75, 3.05) is 19.6 Å². The van der Waals surface area contributed by atoms with Gasteiger partial charge in [-0.25, -0.2) is 0 Å². The van der Waals surface area contributed by atoms with Crippen LogP contribution in [0.2, 0.25) is 0 Å². The molecular formula is C20H26F2N2O2. The minimum Gasteiger partial charge on any atom is -0.435 e. The fraction of sp³-hybridized carbons (Fsp3) is 0.650. The molecule has 4 nitrogen and oxygen atoms in total. The number of ether oxygens (including phenoxy) is 1. The summed E-state index contributed by atoms with van der Waals surface area (Å²) in [6.07, 6.45) is 6.36. The average molecular weight is 364 g/mol. The average Bonchev–Trinajstić information content (AvgIpc) is 3.44. The highest BCUT2D eigenvalue weighted by Gasteiger charge is 2.45. The van der Waals surface area contributed by atoms with Crippen LogP contribution in [-0.2, 0) is 11.3 Å². The van der Waals surface area contributed by atoms with Gasteiger partial charge in [0.15, 0.2) is 0 Å². The van der Waals surface area contributed by atoms with Gasteiger partial charge >= 0.3 is 6.61 Å². The number of piperidine rings is 2. The van der Waals surface area contributed by atoms with Gasteiger partial charge in [0.2, 0.25) is 5.91 Å². The summed E-state index contributed by atoms with van der Waals surface area (Å²) in [5.74, 6) is 0.537. The zero-order valence-corrected chi connectivity index (χ0v) is 15.0. The van der Waals surface area contributed by atoms with Crippen LogP contribution < -0.4 is 4.74 Å². The van der Waals surface area contributed by atoms with Crippen LogP contribution in [0.15, 0.2) is 24.3 Å². The van der Waals surface area contributed by atoms with E-state index in [9.17, 15) is 13.6 Å². The van der Waals surface area contributed by atoms with Crippen molar-refractivity contribution in [3.63, 3.8) is 0 Å². The molecule has 0 radical (unpaired) electrons. The lowest BCUT2D eigenvalue weighted by Gasteiger charge is -2.48. The van der Waals surface area contributed by atoms with Crippen molar-refractivity contribution in [1.82, 2.24) is 9.80 Å². The van der Waals surface area contributed by atoms with E-state index in [4.69, 9.17) is 0 Å². The number of carbonyl (C=O) groups excluding carboxylic acids is 1. The van der Waals surface area contributed by atoms with E-state index in [1.165, 1.54) is 19.3 Å². The fourth-order valence-corrected chi connectivity index (χ4v) is 4.58. The number of alkyl halides is 2. The molecule has 2 saturated heterocycles. The number of benzene rings is 1. The van der Waals surface area contributed by atoms with Gasteiger partial charge in [-0.15, -0.1) is 0 Å². The number of likely N-dealkylation sites (tertiary alicyclic amines) is 2.